The van der Waals surface area contributed by atoms with Gasteiger partial charge in [-0.1, -0.05) is 71.8 Å². The number of nitrogens with one attached hydrogen (secondary N) is 1. The van der Waals surface area contributed by atoms with Gasteiger partial charge in [0.2, 0.25) is 15.9 Å². The van der Waals surface area contributed by atoms with Gasteiger partial charge in [0.05, 0.1) is 11.4 Å². The molecule has 5 nitrogen and oxygen atoms in total. The van der Waals surface area contributed by atoms with Gasteiger partial charge in [-0.05, 0) is 42.3 Å². The van der Waals surface area contributed by atoms with Gasteiger partial charge in [0, 0.05) is 18.1 Å². The summed E-state index contributed by atoms with van der Waals surface area (Å²) in [4.78, 5) is 12.7. The van der Waals surface area contributed by atoms with Crippen molar-refractivity contribution in [2.24, 2.45) is 0 Å². The van der Waals surface area contributed by atoms with E-state index >= 15 is 0 Å². The molecule has 156 valence electrons. The first-order chi connectivity index (χ1) is 14.3. The predicted molar refractivity (Wildman–Crippen MR) is 119 cm³/mol. The topological polar surface area (TPSA) is 66.5 Å². The number of benzene rings is 3. The van der Waals surface area contributed by atoms with Crippen LogP contribution in [-0.4, -0.2) is 25.2 Å². The predicted octanol–water partition coefficient (Wildman–Crippen LogP) is 4.16. The zero-order valence-electron chi connectivity index (χ0n) is 16.6. The lowest BCUT2D eigenvalue weighted by atomic mass is 10.1. The highest BCUT2D eigenvalue weighted by Gasteiger charge is 2.26. The first kappa shape index (κ1) is 22.0. The van der Waals surface area contributed by atoms with E-state index in [2.05, 4.69) is 5.32 Å². The first-order valence-corrected chi connectivity index (χ1v) is 11.3. The van der Waals surface area contributed by atoms with Crippen LogP contribution in [0.3, 0.4) is 0 Å². The summed E-state index contributed by atoms with van der Waals surface area (Å²) in [5.74, 6) is -0.371. The molecule has 1 N–H and O–H groups in total. The largest absolute Gasteiger partial charge is 0.351 e. The highest BCUT2D eigenvalue weighted by atomic mass is 35.5. The molecule has 0 unspecified atom stereocenters. The fraction of sp³-hybridized carbons (Fsp3) is 0.174. The van der Waals surface area contributed by atoms with E-state index in [1.165, 1.54) is 28.6 Å². The highest BCUT2D eigenvalue weighted by molar-refractivity contribution is 7.89. The summed E-state index contributed by atoms with van der Waals surface area (Å²) < 4.78 is 27.6. The van der Waals surface area contributed by atoms with E-state index in [1.54, 1.807) is 0 Å². The van der Waals surface area contributed by atoms with Crippen molar-refractivity contribution < 1.29 is 13.2 Å². The number of halogens is 1. The van der Waals surface area contributed by atoms with Gasteiger partial charge in [-0.15, -0.1) is 0 Å². The number of hydrogen-bond acceptors (Lipinski definition) is 3. The Balaban J connectivity index is 1.77. The fourth-order valence-electron chi connectivity index (χ4n) is 2.89. The van der Waals surface area contributed by atoms with Crippen LogP contribution in [0, 0.1) is 6.92 Å². The Hall–Kier alpha value is -2.67. The normalized spacial score (nSPS) is 11.4. The minimum absolute atomic E-state index is 0.0871. The Labute approximate surface area is 182 Å². The Bertz CT molecular complexity index is 1080. The molecule has 3 aromatic rings. The third-order valence-corrected chi connectivity index (χ3v) is 6.64. The van der Waals surface area contributed by atoms with Crippen LogP contribution in [0.1, 0.15) is 16.7 Å². The third kappa shape index (κ3) is 5.92. The summed E-state index contributed by atoms with van der Waals surface area (Å²) >= 11 is 5.89. The Kier molecular flexibility index (Phi) is 7.26. The standard InChI is InChI=1S/C23H23ClN2O3S/c1-18-7-9-19(10-8-18)15-25-23(27)17-26(16-20-5-3-2-4-6-20)30(28,29)22-13-11-21(24)12-14-22/h2-14H,15-17H2,1H3,(H,25,27). The summed E-state index contributed by atoms with van der Waals surface area (Å²) in [5.41, 5.74) is 2.87. The fourth-order valence-corrected chi connectivity index (χ4v) is 4.40. The average Bonchev–Trinajstić information content (AvgIpc) is 2.74. The summed E-state index contributed by atoms with van der Waals surface area (Å²) in [6.45, 7) is 2.13. The molecule has 3 aromatic carbocycles. The maximum absolute atomic E-state index is 13.2. The molecular formula is C23H23ClN2O3S. The van der Waals surface area contributed by atoms with E-state index in [9.17, 15) is 13.2 Å². The molecule has 0 aliphatic carbocycles. The molecule has 0 bridgehead atoms. The zero-order valence-corrected chi connectivity index (χ0v) is 18.2. The van der Waals surface area contributed by atoms with Crippen LogP contribution in [0.25, 0.3) is 0 Å². The lowest BCUT2D eigenvalue weighted by Crippen LogP contribution is -2.40. The monoisotopic (exact) mass is 442 g/mol. The van der Waals surface area contributed by atoms with Gasteiger partial charge >= 0.3 is 0 Å². The van der Waals surface area contributed by atoms with Gasteiger partial charge < -0.3 is 5.32 Å². The second kappa shape index (κ2) is 9.89. The van der Waals surface area contributed by atoms with Gasteiger partial charge in [0.15, 0.2) is 0 Å². The molecule has 1 amide bonds. The Morgan fingerprint density at radius 2 is 1.53 bits per heavy atom. The lowest BCUT2D eigenvalue weighted by Gasteiger charge is -2.22. The Morgan fingerprint density at radius 3 is 2.17 bits per heavy atom. The van der Waals surface area contributed by atoms with E-state index in [0.29, 0.717) is 11.6 Å². The van der Waals surface area contributed by atoms with Crippen molar-refractivity contribution in [2.45, 2.75) is 24.9 Å². The maximum Gasteiger partial charge on any atom is 0.243 e. The van der Waals surface area contributed by atoms with E-state index in [-0.39, 0.29) is 23.9 Å². The second-order valence-corrected chi connectivity index (χ2v) is 9.35. The van der Waals surface area contributed by atoms with Crippen molar-refractivity contribution in [3.05, 3.63) is 101 Å². The summed E-state index contributed by atoms with van der Waals surface area (Å²) in [6.07, 6.45) is 0. The first-order valence-electron chi connectivity index (χ1n) is 9.46. The van der Waals surface area contributed by atoms with Crippen molar-refractivity contribution in [3.8, 4) is 0 Å². The van der Waals surface area contributed by atoms with Crippen LogP contribution in [0.5, 0.6) is 0 Å². The number of sulfonamides is 1. The molecule has 0 saturated carbocycles. The van der Waals surface area contributed by atoms with Gasteiger partial charge in [0.1, 0.15) is 0 Å². The minimum atomic E-state index is -3.89. The van der Waals surface area contributed by atoms with Crippen LogP contribution in [-0.2, 0) is 27.9 Å². The number of carbonyl (C=O) groups excluding carboxylic acids is 1. The van der Waals surface area contributed by atoms with Crippen LogP contribution in [0.4, 0.5) is 0 Å². The molecule has 0 aliphatic rings. The van der Waals surface area contributed by atoms with Crippen molar-refractivity contribution in [1.82, 2.24) is 9.62 Å². The van der Waals surface area contributed by atoms with Crippen LogP contribution in [0.2, 0.25) is 5.02 Å². The van der Waals surface area contributed by atoms with Gasteiger partial charge in [-0.25, -0.2) is 8.42 Å². The van der Waals surface area contributed by atoms with Crippen LogP contribution < -0.4 is 5.32 Å². The van der Waals surface area contributed by atoms with Crippen molar-refractivity contribution in [2.75, 3.05) is 6.54 Å². The molecule has 7 heteroatoms. The Morgan fingerprint density at radius 1 is 0.900 bits per heavy atom. The zero-order chi connectivity index (χ0) is 21.6. The number of carbonyl (C=O) groups is 1. The summed E-state index contributed by atoms with van der Waals surface area (Å²) in [5, 5.41) is 3.25. The number of hydrogen-bond donors (Lipinski definition) is 1. The summed E-state index contributed by atoms with van der Waals surface area (Å²) in [6, 6.07) is 22.9. The maximum atomic E-state index is 13.2. The van der Waals surface area contributed by atoms with Gasteiger partial charge in [0.25, 0.3) is 0 Å². The molecule has 0 heterocycles. The van der Waals surface area contributed by atoms with Crippen molar-refractivity contribution in [3.63, 3.8) is 0 Å². The highest BCUT2D eigenvalue weighted by Crippen LogP contribution is 2.20. The number of rotatable bonds is 8. The van der Waals surface area contributed by atoms with Crippen LogP contribution in [0.15, 0.2) is 83.8 Å². The minimum Gasteiger partial charge on any atom is -0.351 e. The van der Waals surface area contributed by atoms with E-state index < -0.39 is 10.0 Å². The molecular weight excluding hydrogens is 420 g/mol. The van der Waals surface area contributed by atoms with Gasteiger partial charge in [-0.2, -0.15) is 4.31 Å². The van der Waals surface area contributed by atoms with Crippen molar-refractivity contribution in [1.29, 1.82) is 0 Å². The van der Waals surface area contributed by atoms with Crippen molar-refractivity contribution >= 4 is 27.5 Å². The number of amides is 1. The molecule has 0 radical (unpaired) electrons. The molecule has 30 heavy (non-hydrogen) atoms. The number of aryl methyl sites for hydroxylation is 1. The quantitative estimate of drug-likeness (QED) is 0.569. The number of nitrogens with zero attached hydrogens (tertiary/aromatic N) is 1. The third-order valence-electron chi connectivity index (χ3n) is 4.58. The molecule has 3 rings (SSSR count). The molecule has 0 fully saturated rings. The molecule has 0 saturated heterocycles. The average molecular weight is 443 g/mol. The van der Waals surface area contributed by atoms with Crippen LogP contribution >= 0.6 is 11.6 Å². The van der Waals surface area contributed by atoms with Gasteiger partial charge in [-0.3, -0.25) is 4.79 Å². The van der Waals surface area contributed by atoms with E-state index in [0.717, 1.165) is 16.7 Å². The lowest BCUT2D eigenvalue weighted by molar-refractivity contribution is -0.121. The van der Waals surface area contributed by atoms with E-state index in [1.807, 2.05) is 61.5 Å². The molecule has 0 aromatic heterocycles. The summed E-state index contributed by atoms with van der Waals surface area (Å²) in [7, 11) is -3.89. The molecule has 0 spiro atoms. The second-order valence-electron chi connectivity index (χ2n) is 6.97. The SMILES string of the molecule is Cc1ccc(CNC(=O)CN(Cc2ccccc2)S(=O)(=O)c2ccc(Cl)cc2)cc1. The smallest absolute Gasteiger partial charge is 0.243 e. The molecule has 0 atom stereocenters. The molecule has 0 aliphatic heterocycles. The van der Waals surface area contributed by atoms with E-state index in [4.69, 9.17) is 11.6 Å².